The first-order valence-electron chi connectivity index (χ1n) is 11.9. The molecule has 0 aromatic heterocycles. The Bertz CT molecular complexity index is 686. The van der Waals surface area contributed by atoms with E-state index in [1.165, 1.54) is 35.6 Å². The fraction of sp³-hybridized carbons (Fsp3) is 0.708. The molecule has 8 heteroatoms. The van der Waals surface area contributed by atoms with Crippen molar-refractivity contribution in [3.05, 3.63) is 29.8 Å². The predicted molar refractivity (Wildman–Crippen MR) is 146 cm³/mol. The maximum Gasteiger partial charge on any atom is 0.193 e. The van der Waals surface area contributed by atoms with E-state index in [1.807, 2.05) is 18.8 Å². The zero-order valence-corrected chi connectivity index (χ0v) is 22.5. The molecule has 0 saturated carbocycles. The van der Waals surface area contributed by atoms with Gasteiger partial charge in [0.2, 0.25) is 0 Å². The lowest BCUT2D eigenvalue weighted by atomic mass is 10.1. The van der Waals surface area contributed by atoms with Crippen molar-refractivity contribution in [3.8, 4) is 0 Å². The van der Waals surface area contributed by atoms with Crippen LogP contribution in [-0.4, -0.2) is 81.0 Å². The lowest BCUT2D eigenvalue weighted by Gasteiger charge is -2.35. The molecule has 32 heavy (non-hydrogen) atoms. The van der Waals surface area contributed by atoms with E-state index in [1.54, 1.807) is 0 Å². The molecule has 0 bridgehead atoms. The second kappa shape index (κ2) is 13.9. The molecule has 4 rings (SSSR count). The summed E-state index contributed by atoms with van der Waals surface area (Å²) in [6, 6.07) is 9.00. The van der Waals surface area contributed by atoms with Gasteiger partial charge in [-0.25, -0.2) is 0 Å². The number of anilines is 1. The van der Waals surface area contributed by atoms with Gasteiger partial charge in [-0.3, -0.25) is 4.99 Å². The lowest BCUT2D eigenvalue weighted by molar-refractivity contribution is -0.0721. The highest BCUT2D eigenvalue weighted by Crippen LogP contribution is 2.20. The van der Waals surface area contributed by atoms with Gasteiger partial charge in [0.25, 0.3) is 0 Å². The van der Waals surface area contributed by atoms with Gasteiger partial charge in [-0.2, -0.15) is 11.8 Å². The maximum absolute atomic E-state index is 6.16. The predicted octanol–water partition coefficient (Wildman–Crippen LogP) is 3.98. The van der Waals surface area contributed by atoms with Crippen LogP contribution in [0.1, 0.15) is 37.7 Å². The molecule has 1 atom stereocenters. The molecule has 1 unspecified atom stereocenters. The summed E-state index contributed by atoms with van der Waals surface area (Å²) in [6.07, 6.45) is 6.37. The minimum atomic E-state index is 0. The zero-order chi connectivity index (χ0) is 21.3. The molecule has 3 saturated heterocycles. The van der Waals surface area contributed by atoms with Crippen molar-refractivity contribution in [2.24, 2.45) is 4.99 Å². The maximum atomic E-state index is 6.16. The van der Waals surface area contributed by atoms with E-state index >= 15 is 0 Å². The van der Waals surface area contributed by atoms with Crippen LogP contribution in [0, 0.1) is 0 Å². The number of hydrogen-bond acceptors (Lipinski definition) is 5. The number of thioether (sulfide) groups is 1. The summed E-state index contributed by atoms with van der Waals surface area (Å²) in [6.45, 7) is 6.74. The van der Waals surface area contributed by atoms with Crippen LogP contribution in [-0.2, 0) is 16.0 Å². The fourth-order valence-corrected chi connectivity index (χ4v) is 5.48. The summed E-state index contributed by atoms with van der Waals surface area (Å²) >= 11 is 2.05. The Morgan fingerprint density at radius 3 is 2.50 bits per heavy atom. The number of benzene rings is 1. The number of aliphatic imine (C=N–C) groups is 1. The van der Waals surface area contributed by atoms with Gasteiger partial charge in [0.15, 0.2) is 5.96 Å². The third-order valence-corrected chi connectivity index (χ3v) is 7.45. The van der Waals surface area contributed by atoms with Gasteiger partial charge in [0.05, 0.1) is 18.8 Å². The van der Waals surface area contributed by atoms with E-state index < -0.39 is 0 Å². The van der Waals surface area contributed by atoms with Gasteiger partial charge in [0.1, 0.15) is 0 Å². The van der Waals surface area contributed by atoms with Crippen LogP contribution in [0.4, 0.5) is 5.69 Å². The van der Waals surface area contributed by atoms with Crippen LogP contribution in [0.5, 0.6) is 0 Å². The fourth-order valence-electron chi connectivity index (χ4n) is 4.58. The Kier molecular flexibility index (Phi) is 11.2. The van der Waals surface area contributed by atoms with Crippen molar-refractivity contribution in [2.75, 3.05) is 62.8 Å². The van der Waals surface area contributed by atoms with Gasteiger partial charge in [-0.15, -0.1) is 24.0 Å². The monoisotopic (exact) mass is 574 g/mol. The standard InChI is InChI=1S/C24H38N4O2S.HI/c1-25-24(26-18-20-5-7-21(8-6-20)27-13-16-31-17-14-27)28-11-9-22(10-12-28)30-19-23-4-2-3-15-29-23;/h5-8,22-23H,2-4,9-19H2,1H3,(H,25,26);1H. The van der Waals surface area contributed by atoms with Crippen LogP contribution < -0.4 is 10.2 Å². The normalized spacial score (nSPS) is 23.0. The average molecular weight is 575 g/mol. The number of ether oxygens (including phenoxy) is 2. The minimum absolute atomic E-state index is 0. The largest absolute Gasteiger partial charge is 0.376 e. The third kappa shape index (κ3) is 7.67. The van der Waals surface area contributed by atoms with Crippen molar-refractivity contribution in [1.29, 1.82) is 0 Å². The van der Waals surface area contributed by atoms with Crippen LogP contribution in [0.3, 0.4) is 0 Å². The molecule has 1 N–H and O–H groups in total. The van der Waals surface area contributed by atoms with E-state index in [0.717, 1.165) is 71.2 Å². The molecule has 1 aromatic carbocycles. The minimum Gasteiger partial charge on any atom is -0.376 e. The van der Waals surface area contributed by atoms with Crippen LogP contribution in [0.2, 0.25) is 0 Å². The van der Waals surface area contributed by atoms with Crippen LogP contribution in [0.15, 0.2) is 29.3 Å². The molecule has 3 aliphatic rings. The summed E-state index contributed by atoms with van der Waals surface area (Å²) in [5.41, 5.74) is 2.64. The van der Waals surface area contributed by atoms with Crippen molar-refractivity contribution < 1.29 is 9.47 Å². The number of guanidine groups is 1. The summed E-state index contributed by atoms with van der Waals surface area (Å²) in [4.78, 5) is 9.37. The molecular formula is C24H39IN4O2S. The Morgan fingerprint density at radius 2 is 1.84 bits per heavy atom. The number of hydrogen-bond donors (Lipinski definition) is 1. The second-order valence-electron chi connectivity index (χ2n) is 8.67. The number of nitrogens with zero attached hydrogens (tertiary/aromatic N) is 3. The Morgan fingerprint density at radius 1 is 1.09 bits per heavy atom. The van der Waals surface area contributed by atoms with Gasteiger partial charge in [-0.05, 0) is 49.8 Å². The summed E-state index contributed by atoms with van der Waals surface area (Å²) in [5.74, 6) is 3.46. The van der Waals surface area contributed by atoms with Gasteiger partial charge in [0, 0.05) is 63.6 Å². The molecule has 0 radical (unpaired) electrons. The van der Waals surface area contributed by atoms with Crippen LogP contribution >= 0.6 is 35.7 Å². The van der Waals surface area contributed by atoms with Crippen molar-refractivity contribution >= 4 is 47.4 Å². The third-order valence-electron chi connectivity index (χ3n) is 6.51. The first kappa shape index (κ1) is 25.9. The van der Waals surface area contributed by atoms with Crippen molar-refractivity contribution in [1.82, 2.24) is 10.2 Å². The molecule has 180 valence electrons. The quantitative estimate of drug-likeness (QED) is 0.315. The molecule has 0 amide bonds. The molecule has 6 nitrogen and oxygen atoms in total. The number of rotatable bonds is 6. The van der Waals surface area contributed by atoms with Crippen molar-refractivity contribution in [3.63, 3.8) is 0 Å². The van der Waals surface area contributed by atoms with E-state index in [4.69, 9.17) is 9.47 Å². The highest BCUT2D eigenvalue weighted by Gasteiger charge is 2.23. The highest BCUT2D eigenvalue weighted by atomic mass is 127. The Labute approximate surface area is 214 Å². The zero-order valence-electron chi connectivity index (χ0n) is 19.3. The first-order chi connectivity index (χ1) is 15.3. The Hall–Kier alpha value is -0.710. The summed E-state index contributed by atoms with van der Waals surface area (Å²) in [5, 5.41) is 3.55. The lowest BCUT2D eigenvalue weighted by Crippen LogP contribution is -2.47. The summed E-state index contributed by atoms with van der Waals surface area (Å²) in [7, 11) is 1.88. The smallest absolute Gasteiger partial charge is 0.193 e. The van der Waals surface area contributed by atoms with E-state index in [2.05, 4.69) is 44.4 Å². The van der Waals surface area contributed by atoms with E-state index in [9.17, 15) is 0 Å². The number of halogens is 1. The number of likely N-dealkylation sites (tertiary alicyclic amines) is 1. The topological polar surface area (TPSA) is 49.3 Å². The average Bonchev–Trinajstić information content (AvgIpc) is 2.85. The van der Waals surface area contributed by atoms with E-state index in [0.29, 0.717) is 12.2 Å². The molecule has 0 aliphatic carbocycles. The molecule has 0 spiro atoms. The van der Waals surface area contributed by atoms with Gasteiger partial charge >= 0.3 is 0 Å². The summed E-state index contributed by atoms with van der Waals surface area (Å²) < 4.78 is 12.0. The molecule has 3 fully saturated rings. The van der Waals surface area contributed by atoms with Crippen molar-refractivity contribution in [2.45, 2.75) is 50.9 Å². The number of nitrogens with one attached hydrogen (secondary N) is 1. The first-order valence-corrected chi connectivity index (χ1v) is 13.1. The highest BCUT2D eigenvalue weighted by molar-refractivity contribution is 14.0. The SMILES string of the molecule is CN=C(NCc1ccc(N2CCSCC2)cc1)N1CCC(OCC2CCCCO2)CC1.I. The Balaban J connectivity index is 0.00000289. The molecule has 3 heterocycles. The molecule has 1 aromatic rings. The second-order valence-corrected chi connectivity index (χ2v) is 9.90. The number of piperidine rings is 1. The van der Waals surface area contributed by atoms with Gasteiger partial charge in [-0.1, -0.05) is 12.1 Å². The van der Waals surface area contributed by atoms with Crippen LogP contribution in [0.25, 0.3) is 0 Å². The molecule has 3 aliphatic heterocycles. The molecular weight excluding hydrogens is 535 g/mol. The van der Waals surface area contributed by atoms with E-state index in [-0.39, 0.29) is 24.0 Å². The van der Waals surface area contributed by atoms with Gasteiger partial charge < -0.3 is 24.6 Å².